The van der Waals surface area contributed by atoms with E-state index in [4.69, 9.17) is 0 Å². The number of hydrogen-bond acceptors (Lipinski definition) is 0. The first-order valence-electron chi connectivity index (χ1n) is 10.7. The minimum atomic E-state index is -0.222. The quantitative estimate of drug-likeness (QED) is 0.389. The fraction of sp³-hybridized carbons (Fsp3) is 0.407. The lowest BCUT2D eigenvalue weighted by atomic mass is 9.64. The van der Waals surface area contributed by atoms with E-state index in [-0.39, 0.29) is 5.82 Å². The molecule has 4 atom stereocenters. The summed E-state index contributed by atoms with van der Waals surface area (Å²) in [4.78, 5) is 0. The second kappa shape index (κ2) is 8.78. The van der Waals surface area contributed by atoms with Crippen molar-refractivity contribution in [1.29, 1.82) is 0 Å². The van der Waals surface area contributed by atoms with Crippen LogP contribution < -0.4 is 0 Å². The highest BCUT2D eigenvalue weighted by molar-refractivity contribution is 5.43. The standard InChI is InChI=1S/C27H29F/c1-2-3-22-8-13-26-19-25(15-14-24(26)18-22)23-11-6-20(7-12-23)4-5-21-9-16-27(28)17-10-21/h2-3,6-7,9-12,16-17,22,24-26H,8,13-15,18-19H2,1H3. The number of halogens is 1. The third kappa shape index (κ3) is 4.56. The minimum Gasteiger partial charge on any atom is -0.207 e. The summed E-state index contributed by atoms with van der Waals surface area (Å²) in [5.74, 6) is 9.47. The molecule has 2 aromatic carbocycles. The summed E-state index contributed by atoms with van der Waals surface area (Å²) in [5, 5.41) is 0. The summed E-state index contributed by atoms with van der Waals surface area (Å²) in [7, 11) is 0. The average molecular weight is 373 g/mol. The van der Waals surface area contributed by atoms with Gasteiger partial charge >= 0.3 is 0 Å². The van der Waals surface area contributed by atoms with Crippen LogP contribution in [0.1, 0.15) is 68.1 Å². The average Bonchev–Trinajstić information content (AvgIpc) is 2.74. The van der Waals surface area contributed by atoms with Crippen molar-refractivity contribution >= 4 is 0 Å². The van der Waals surface area contributed by atoms with Crippen molar-refractivity contribution in [2.24, 2.45) is 17.8 Å². The molecule has 0 aromatic heterocycles. The molecule has 2 fully saturated rings. The van der Waals surface area contributed by atoms with Gasteiger partial charge in [0.25, 0.3) is 0 Å². The van der Waals surface area contributed by atoms with Crippen LogP contribution in [0.15, 0.2) is 60.7 Å². The summed E-state index contributed by atoms with van der Waals surface area (Å²) in [6.07, 6.45) is 12.9. The lowest BCUT2D eigenvalue weighted by Crippen LogP contribution is -2.30. The Bertz CT molecular complexity index is 863. The predicted octanol–water partition coefficient (Wildman–Crippen LogP) is 7.10. The van der Waals surface area contributed by atoms with Crippen molar-refractivity contribution in [3.8, 4) is 11.8 Å². The number of fused-ring (bicyclic) bond motifs is 1. The van der Waals surface area contributed by atoms with Gasteiger partial charge in [-0.1, -0.05) is 36.1 Å². The maximum Gasteiger partial charge on any atom is 0.123 e. The predicted molar refractivity (Wildman–Crippen MR) is 115 cm³/mol. The van der Waals surface area contributed by atoms with Gasteiger partial charge in [-0.15, -0.1) is 0 Å². The van der Waals surface area contributed by atoms with E-state index in [0.29, 0.717) is 5.92 Å². The van der Waals surface area contributed by atoms with Gasteiger partial charge < -0.3 is 0 Å². The first kappa shape index (κ1) is 19.0. The van der Waals surface area contributed by atoms with E-state index in [1.807, 2.05) is 0 Å². The molecule has 28 heavy (non-hydrogen) atoms. The van der Waals surface area contributed by atoms with Gasteiger partial charge in [-0.05, 0) is 111 Å². The van der Waals surface area contributed by atoms with Crippen LogP contribution in [0, 0.1) is 35.4 Å². The Kier molecular flexibility index (Phi) is 5.96. The van der Waals surface area contributed by atoms with Crippen LogP contribution in [0.2, 0.25) is 0 Å². The summed E-state index contributed by atoms with van der Waals surface area (Å²) >= 11 is 0. The topological polar surface area (TPSA) is 0 Å². The molecule has 0 heterocycles. The molecule has 0 aliphatic heterocycles. The zero-order valence-electron chi connectivity index (χ0n) is 16.7. The molecule has 2 aromatic rings. The van der Waals surface area contributed by atoms with Gasteiger partial charge in [-0.25, -0.2) is 4.39 Å². The molecule has 0 spiro atoms. The molecular formula is C27H29F. The first-order chi connectivity index (χ1) is 13.7. The molecule has 0 N–H and O–H groups in total. The maximum atomic E-state index is 13.0. The van der Waals surface area contributed by atoms with Crippen molar-refractivity contribution in [3.05, 3.63) is 83.2 Å². The zero-order valence-corrected chi connectivity index (χ0v) is 16.7. The molecule has 0 saturated heterocycles. The highest BCUT2D eigenvalue weighted by Gasteiger charge is 2.35. The largest absolute Gasteiger partial charge is 0.207 e. The van der Waals surface area contributed by atoms with E-state index < -0.39 is 0 Å². The Morgan fingerprint density at radius 3 is 2.07 bits per heavy atom. The highest BCUT2D eigenvalue weighted by atomic mass is 19.1. The van der Waals surface area contributed by atoms with E-state index in [1.165, 1.54) is 56.2 Å². The molecule has 144 valence electrons. The van der Waals surface area contributed by atoms with Crippen LogP contribution >= 0.6 is 0 Å². The summed E-state index contributed by atoms with van der Waals surface area (Å²) < 4.78 is 13.0. The fourth-order valence-corrected chi connectivity index (χ4v) is 5.19. The van der Waals surface area contributed by atoms with Crippen molar-refractivity contribution in [3.63, 3.8) is 0 Å². The van der Waals surface area contributed by atoms with Crippen molar-refractivity contribution in [2.45, 2.75) is 51.4 Å². The third-order valence-corrected chi connectivity index (χ3v) is 6.70. The van der Waals surface area contributed by atoms with Gasteiger partial charge in [0.05, 0.1) is 0 Å². The van der Waals surface area contributed by atoms with Crippen LogP contribution in [0.3, 0.4) is 0 Å². The molecule has 2 saturated carbocycles. The van der Waals surface area contributed by atoms with Crippen LogP contribution in [-0.2, 0) is 0 Å². The van der Waals surface area contributed by atoms with Gasteiger partial charge in [0.2, 0.25) is 0 Å². The fourth-order valence-electron chi connectivity index (χ4n) is 5.19. The second-order valence-corrected chi connectivity index (χ2v) is 8.51. The first-order valence-corrected chi connectivity index (χ1v) is 10.7. The normalized spacial score (nSPS) is 27.1. The number of hydrogen-bond donors (Lipinski definition) is 0. The summed E-state index contributed by atoms with van der Waals surface area (Å²) in [5.41, 5.74) is 3.34. The van der Waals surface area contributed by atoms with Gasteiger partial charge in [0.1, 0.15) is 5.82 Å². The molecule has 2 aliphatic carbocycles. The number of benzene rings is 2. The van der Waals surface area contributed by atoms with Gasteiger partial charge in [-0.2, -0.15) is 0 Å². The molecule has 0 bridgehead atoms. The van der Waals surface area contributed by atoms with E-state index in [1.54, 1.807) is 12.1 Å². The third-order valence-electron chi connectivity index (χ3n) is 6.70. The lowest BCUT2D eigenvalue weighted by Gasteiger charge is -2.41. The Hall–Kier alpha value is -2.33. The van der Waals surface area contributed by atoms with Crippen molar-refractivity contribution in [2.75, 3.05) is 0 Å². The van der Waals surface area contributed by atoms with Crippen LogP contribution in [0.4, 0.5) is 4.39 Å². The zero-order chi connectivity index (χ0) is 19.3. The Balaban J connectivity index is 1.38. The molecule has 0 radical (unpaired) electrons. The van der Waals surface area contributed by atoms with Crippen LogP contribution in [-0.4, -0.2) is 0 Å². The van der Waals surface area contributed by atoms with Crippen LogP contribution in [0.5, 0.6) is 0 Å². The minimum absolute atomic E-state index is 0.222. The molecule has 0 amide bonds. The highest BCUT2D eigenvalue weighted by Crippen LogP contribution is 2.47. The lowest BCUT2D eigenvalue weighted by molar-refractivity contribution is 0.133. The molecule has 4 unspecified atom stereocenters. The van der Waals surface area contributed by atoms with E-state index in [0.717, 1.165) is 28.9 Å². The van der Waals surface area contributed by atoms with Gasteiger partial charge in [-0.3, -0.25) is 0 Å². The van der Waals surface area contributed by atoms with Crippen LogP contribution in [0.25, 0.3) is 0 Å². The van der Waals surface area contributed by atoms with Gasteiger partial charge in [0, 0.05) is 11.1 Å². The molecule has 2 aliphatic rings. The van der Waals surface area contributed by atoms with Crippen molar-refractivity contribution in [1.82, 2.24) is 0 Å². The Morgan fingerprint density at radius 2 is 1.39 bits per heavy atom. The molecular weight excluding hydrogens is 343 g/mol. The molecule has 1 heteroatoms. The number of rotatable bonds is 2. The van der Waals surface area contributed by atoms with Crippen molar-refractivity contribution < 1.29 is 4.39 Å². The molecule has 0 nitrogen and oxygen atoms in total. The second-order valence-electron chi connectivity index (χ2n) is 8.51. The SMILES string of the molecule is CC=CC1CCC2CC(c3ccc(C#Cc4ccc(F)cc4)cc3)CCC2C1. The Morgan fingerprint density at radius 1 is 0.786 bits per heavy atom. The van der Waals surface area contributed by atoms with E-state index in [2.05, 4.69) is 55.2 Å². The Labute approximate surface area is 168 Å². The van der Waals surface area contributed by atoms with Gasteiger partial charge in [0.15, 0.2) is 0 Å². The molecule has 4 rings (SSSR count). The summed E-state index contributed by atoms with van der Waals surface area (Å²) in [6.45, 7) is 2.15. The smallest absolute Gasteiger partial charge is 0.123 e. The summed E-state index contributed by atoms with van der Waals surface area (Å²) in [6, 6.07) is 15.2. The number of allylic oxidation sites excluding steroid dienone is 2. The van der Waals surface area contributed by atoms with E-state index in [9.17, 15) is 4.39 Å². The monoisotopic (exact) mass is 372 g/mol. The van der Waals surface area contributed by atoms with E-state index >= 15 is 0 Å². The maximum absolute atomic E-state index is 13.0.